The molecule has 0 spiro atoms. The van der Waals surface area contributed by atoms with Crippen molar-refractivity contribution in [3.63, 3.8) is 0 Å². The van der Waals surface area contributed by atoms with Crippen LogP contribution in [0.4, 0.5) is 10.1 Å². The van der Waals surface area contributed by atoms with Crippen LogP contribution in [-0.2, 0) is 6.42 Å². The van der Waals surface area contributed by atoms with Crippen LogP contribution in [0.2, 0.25) is 0 Å². The lowest BCUT2D eigenvalue weighted by molar-refractivity contribution is 0.0671. The second-order valence-electron chi connectivity index (χ2n) is 10.8. The Kier molecular flexibility index (Phi) is 5.47. The zero-order chi connectivity index (χ0) is 26.0. The summed E-state index contributed by atoms with van der Waals surface area (Å²) in [6.07, 6.45) is 3.23. The number of aliphatic hydroxyl groups is 1. The molecule has 3 aliphatic rings. The highest BCUT2D eigenvalue weighted by Gasteiger charge is 2.32. The van der Waals surface area contributed by atoms with Crippen LogP contribution < -0.4 is 4.90 Å². The minimum absolute atomic E-state index is 0.0281. The molecule has 4 heterocycles. The highest BCUT2D eigenvalue weighted by molar-refractivity contribution is 5.93. The maximum atomic E-state index is 15.3. The monoisotopic (exact) mass is 511 g/mol. The number of β-amino-alcohol motifs (C(OH)–C–C–N with tert-alkyl or cyclic N) is 1. The molecule has 2 aromatic carbocycles. The lowest BCUT2D eigenvalue weighted by Crippen LogP contribution is -2.39. The third-order valence-corrected chi connectivity index (χ3v) is 8.28. The van der Waals surface area contributed by atoms with Crippen molar-refractivity contribution in [1.82, 2.24) is 19.5 Å². The Morgan fingerprint density at radius 1 is 1.05 bits per heavy atom. The second kappa shape index (κ2) is 8.91. The smallest absolute Gasteiger partial charge is 0.273 e. The summed E-state index contributed by atoms with van der Waals surface area (Å²) in [5, 5.41) is 14.6. The standard InChI is InChI=1S/C30H30FN5O2/c1-18-23-5-3-2-4-19(23)10-13-35(18)30(38)27-15-28(20-6-7-20)36-29(32-27)16-26(33-36)24-9-8-21(14-25(24)31)34-12-11-22(37)17-34/h2-5,8-9,14-16,18,20,22,37H,6-7,10-13,17H2,1H3/t18-,22-/m1/s1. The Morgan fingerprint density at radius 3 is 2.66 bits per heavy atom. The third-order valence-electron chi connectivity index (χ3n) is 8.28. The third kappa shape index (κ3) is 3.95. The van der Waals surface area contributed by atoms with Crippen molar-refractivity contribution in [2.45, 2.75) is 50.7 Å². The van der Waals surface area contributed by atoms with Crippen molar-refractivity contribution in [3.05, 3.63) is 82.9 Å². The molecule has 1 saturated carbocycles. The number of fused-ring (bicyclic) bond motifs is 2. The quantitative estimate of drug-likeness (QED) is 0.428. The highest BCUT2D eigenvalue weighted by Crippen LogP contribution is 2.41. The largest absolute Gasteiger partial charge is 0.391 e. The fourth-order valence-corrected chi connectivity index (χ4v) is 5.99. The first-order valence-electron chi connectivity index (χ1n) is 13.5. The van der Waals surface area contributed by atoms with Gasteiger partial charge in [-0.05, 0) is 68.0 Å². The average Bonchev–Trinajstić information content (AvgIpc) is 3.53. The van der Waals surface area contributed by atoms with Gasteiger partial charge in [0, 0.05) is 48.6 Å². The molecule has 7 rings (SSSR count). The number of benzene rings is 2. The first kappa shape index (κ1) is 23.3. The summed E-state index contributed by atoms with van der Waals surface area (Å²) < 4.78 is 17.1. The summed E-state index contributed by atoms with van der Waals surface area (Å²) in [7, 11) is 0. The molecule has 1 N–H and O–H groups in total. The summed E-state index contributed by atoms with van der Waals surface area (Å²) in [6.45, 7) is 3.95. The molecule has 2 aliphatic heterocycles. The number of halogens is 1. The SMILES string of the molecule is C[C@@H]1c2ccccc2CCN1C(=O)c1cc(C2CC2)n2nc(-c3ccc(N4CC[C@@H](O)C4)cc3F)cc2n1. The van der Waals surface area contributed by atoms with E-state index in [1.165, 1.54) is 17.2 Å². The Hall–Kier alpha value is -3.78. The zero-order valence-corrected chi connectivity index (χ0v) is 21.3. The van der Waals surface area contributed by atoms with E-state index in [2.05, 4.69) is 19.1 Å². The topological polar surface area (TPSA) is 74.0 Å². The van der Waals surface area contributed by atoms with Crippen LogP contribution in [-0.4, -0.2) is 56.2 Å². The average molecular weight is 512 g/mol. The second-order valence-corrected chi connectivity index (χ2v) is 10.8. The maximum Gasteiger partial charge on any atom is 0.273 e. The number of aromatic nitrogens is 3. The number of hydrogen-bond donors (Lipinski definition) is 1. The Bertz CT molecular complexity index is 1560. The van der Waals surface area contributed by atoms with Crippen LogP contribution in [0.3, 0.4) is 0 Å². The van der Waals surface area contributed by atoms with Crippen molar-refractivity contribution >= 4 is 17.2 Å². The number of anilines is 1. The van der Waals surface area contributed by atoms with Gasteiger partial charge in [0.2, 0.25) is 0 Å². The van der Waals surface area contributed by atoms with Crippen LogP contribution in [0, 0.1) is 5.82 Å². The summed E-state index contributed by atoms with van der Waals surface area (Å²) in [5.41, 5.74) is 6.06. The summed E-state index contributed by atoms with van der Waals surface area (Å²) in [6, 6.07) is 17.1. The van der Waals surface area contributed by atoms with Gasteiger partial charge in [0.05, 0.1) is 17.8 Å². The van der Waals surface area contributed by atoms with Gasteiger partial charge in [0.15, 0.2) is 5.65 Å². The first-order chi connectivity index (χ1) is 18.5. The summed E-state index contributed by atoms with van der Waals surface area (Å²) in [4.78, 5) is 22.4. The number of aliphatic hydroxyl groups excluding tert-OH is 1. The predicted octanol–water partition coefficient (Wildman–Crippen LogP) is 4.74. The molecule has 1 aliphatic carbocycles. The molecular formula is C30H30FN5O2. The number of carbonyl (C=O) groups excluding carboxylic acids is 1. The van der Waals surface area contributed by atoms with E-state index >= 15 is 4.39 Å². The van der Waals surface area contributed by atoms with E-state index in [0.29, 0.717) is 54.6 Å². The molecule has 0 unspecified atom stereocenters. The summed E-state index contributed by atoms with van der Waals surface area (Å²) >= 11 is 0. The molecule has 4 aromatic rings. The van der Waals surface area contributed by atoms with Gasteiger partial charge < -0.3 is 14.9 Å². The van der Waals surface area contributed by atoms with E-state index in [0.717, 1.165) is 30.6 Å². The molecule has 38 heavy (non-hydrogen) atoms. The lowest BCUT2D eigenvalue weighted by Gasteiger charge is -2.35. The van der Waals surface area contributed by atoms with E-state index in [9.17, 15) is 9.90 Å². The Labute approximate surface area is 220 Å². The number of nitrogens with zero attached hydrogens (tertiary/aromatic N) is 5. The molecule has 8 heteroatoms. The lowest BCUT2D eigenvalue weighted by atomic mass is 9.93. The van der Waals surface area contributed by atoms with E-state index < -0.39 is 0 Å². The number of amides is 1. The fourth-order valence-electron chi connectivity index (χ4n) is 5.99. The van der Waals surface area contributed by atoms with Crippen LogP contribution in [0.1, 0.15) is 65.5 Å². The predicted molar refractivity (Wildman–Crippen MR) is 143 cm³/mol. The van der Waals surface area contributed by atoms with Crippen LogP contribution in [0.15, 0.2) is 54.6 Å². The van der Waals surface area contributed by atoms with Gasteiger partial charge in [-0.2, -0.15) is 5.10 Å². The van der Waals surface area contributed by atoms with Gasteiger partial charge in [-0.25, -0.2) is 13.9 Å². The molecule has 1 saturated heterocycles. The van der Waals surface area contributed by atoms with Crippen LogP contribution in [0.5, 0.6) is 0 Å². The van der Waals surface area contributed by atoms with E-state index in [1.807, 2.05) is 34.1 Å². The molecule has 2 atom stereocenters. The van der Waals surface area contributed by atoms with Crippen molar-refractivity contribution in [2.24, 2.45) is 0 Å². The van der Waals surface area contributed by atoms with Gasteiger partial charge >= 0.3 is 0 Å². The van der Waals surface area contributed by atoms with E-state index in [1.54, 1.807) is 16.6 Å². The zero-order valence-electron chi connectivity index (χ0n) is 21.3. The maximum absolute atomic E-state index is 15.3. The minimum Gasteiger partial charge on any atom is -0.391 e. The molecule has 0 bridgehead atoms. The van der Waals surface area contributed by atoms with Crippen molar-refractivity contribution < 1.29 is 14.3 Å². The van der Waals surface area contributed by atoms with Crippen LogP contribution in [0.25, 0.3) is 16.9 Å². The van der Waals surface area contributed by atoms with Gasteiger partial charge in [-0.15, -0.1) is 0 Å². The normalized spacial score (nSPS) is 21.2. The minimum atomic E-state index is -0.373. The van der Waals surface area contributed by atoms with Gasteiger partial charge in [-0.1, -0.05) is 24.3 Å². The van der Waals surface area contributed by atoms with E-state index in [-0.39, 0.29) is 23.9 Å². The van der Waals surface area contributed by atoms with Gasteiger partial charge in [-0.3, -0.25) is 4.79 Å². The Morgan fingerprint density at radius 2 is 1.89 bits per heavy atom. The highest BCUT2D eigenvalue weighted by atomic mass is 19.1. The number of carbonyl (C=O) groups is 1. The molecule has 194 valence electrons. The molecule has 2 aromatic heterocycles. The van der Waals surface area contributed by atoms with Crippen LogP contribution >= 0.6 is 0 Å². The molecule has 2 fully saturated rings. The van der Waals surface area contributed by atoms with Crippen molar-refractivity contribution in [3.8, 4) is 11.3 Å². The van der Waals surface area contributed by atoms with E-state index in [4.69, 9.17) is 10.1 Å². The molecule has 0 radical (unpaired) electrons. The molecular weight excluding hydrogens is 481 g/mol. The Balaban J connectivity index is 1.23. The fraction of sp³-hybridized carbons (Fsp3) is 0.367. The van der Waals surface area contributed by atoms with Gasteiger partial charge in [0.1, 0.15) is 11.5 Å². The number of rotatable bonds is 4. The summed E-state index contributed by atoms with van der Waals surface area (Å²) in [5.74, 6) is -0.118. The molecule has 7 nitrogen and oxygen atoms in total. The number of hydrogen-bond acceptors (Lipinski definition) is 5. The molecule has 1 amide bonds. The van der Waals surface area contributed by atoms with Crippen molar-refractivity contribution in [2.75, 3.05) is 24.5 Å². The van der Waals surface area contributed by atoms with Crippen molar-refractivity contribution in [1.29, 1.82) is 0 Å². The van der Waals surface area contributed by atoms with Gasteiger partial charge in [0.25, 0.3) is 5.91 Å². The first-order valence-corrected chi connectivity index (χ1v) is 13.5.